The number of aromatic nitrogens is 2. The summed E-state index contributed by atoms with van der Waals surface area (Å²) in [7, 11) is -2.40. The Balaban J connectivity index is 1.84. The lowest BCUT2D eigenvalue weighted by molar-refractivity contribution is 0.528. The molecule has 0 saturated carbocycles. The molecule has 28 heavy (non-hydrogen) atoms. The molecule has 8 heteroatoms. The highest BCUT2D eigenvalue weighted by atomic mass is 32.2. The van der Waals surface area contributed by atoms with Crippen molar-refractivity contribution in [3.05, 3.63) is 89.0 Å². The second-order valence-corrected chi connectivity index (χ2v) is 8.10. The minimum absolute atomic E-state index is 0.0537. The van der Waals surface area contributed by atoms with Crippen molar-refractivity contribution in [2.75, 3.05) is 4.31 Å². The highest BCUT2D eigenvalue weighted by Crippen LogP contribution is 2.26. The number of oxazole rings is 1. The van der Waals surface area contributed by atoms with Gasteiger partial charge in [-0.15, -0.1) is 0 Å². The quantitative estimate of drug-likeness (QED) is 0.519. The molecule has 0 bridgehead atoms. The van der Waals surface area contributed by atoms with Crippen molar-refractivity contribution in [3.8, 4) is 0 Å². The predicted molar refractivity (Wildman–Crippen MR) is 106 cm³/mol. The van der Waals surface area contributed by atoms with Gasteiger partial charge in [-0.2, -0.15) is 0 Å². The summed E-state index contributed by atoms with van der Waals surface area (Å²) in [5.41, 5.74) is 1.57. The number of anilines is 1. The zero-order valence-corrected chi connectivity index (χ0v) is 15.8. The van der Waals surface area contributed by atoms with E-state index in [9.17, 15) is 13.2 Å². The maximum atomic E-state index is 13.5. The lowest BCUT2D eigenvalue weighted by Crippen LogP contribution is -2.31. The van der Waals surface area contributed by atoms with E-state index < -0.39 is 15.8 Å². The van der Waals surface area contributed by atoms with Gasteiger partial charge >= 0.3 is 5.76 Å². The van der Waals surface area contributed by atoms with E-state index in [4.69, 9.17) is 4.42 Å². The van der Waals surface area contributed by atoms with Gasteiger partial charge in [-0.3, -0.25) is 4.57 Å². The fourth-order valence-electron chi connectivity index (χ4n) is 2.93. The smallest absolute Gasteiger partial charge is 0.408 e. The lowest BCUT2D eigenvalue weighted by Gasteiger charge is -2.23. The van der Waals surface area contributed by atoms with E-state index in [-0.39, 0.29) is 11.4 Å². The van der Waals surface area contributed by atoms with E-state index >= 15 is 0 Å². The van der Waals surface area contributed by atoms with Crippen LogP contribution in [0.2, 0.25) is 0 Å². The van der Waals surface area contributed by atoms with Crippen molar-refractivity contribution in [3.63, 3.8) is 0 Å². The SMILES string of the molecule is Cn1c(=O)oc2ccc(S(=O)(=O)N(Cc3ccccc3)c3ccccn3)cc21. The normalized spacial score (nSPS) is 11.6. The number of pyridine rings is 1. The standard InChI is InChI=1S/C20H17N3O4S/c1-22-17-13-16(10-11-18(17)27-20(22)24)28(25,26)23(19-9-5-6-12-21-19)14-15-7-3-2-4-8-15/h2-13H,14H2,1H3. The molecule has 0 radical (unpaired) electrons. The zero-order chi connectivity index (χ0) is 19.7. The Bertz CT molecular complexity index is 1280. The first-order chi connectivity index (χ1) is 13.5. The van der Waals surface area contributed by atoms with Crippen LogP contribution in [-0.4, -0.2) is 18.0 Å². The molecule has 2 aromatic carbocycles. The maximum absolute atomic E-state index is 13.5. The van der Waals surface area contributed by atoms with Crippen molar-refractivity contribution in [2.45, 2.75) is 11.4 Å². The van der Waals surface area contributed by atoms with Gasteiger partial charge in [0.1, 0.15) is 5.82 Å². The molecule has 0 aliphatic heterocycles. The molecule has 4 rings (SSSR count). The minimum atomic E-state index is -3.94. The number of fused-ring (bicyclic) bond motifs is 1. The first-order valence-electron chi connectivity index (χ1n) is 8.54. The summed E-state index contributed by atoms with van der Waals surface area (Å²) in [6.45, 7) is 0.128. The summed E-state index contributed by atoms with van der Waals surface area (Å²) >= 11 is 0. The summed E-state index contributed by atoms with van der Waals surface area (Å²) in [4.78, 5) is 16.0. The average Bonchev–Trinajstić information content (AvgIpc) is 3.01. The fourth-order valence-corrected chi connectivity index (χ4v) is 4.36. The number of aryl methyl sites for hydroxylation is 1. The number of rotatable bonds is 5. The topological polar surface area (TPSA) is 85.4 Å². The molecule has 4 aromatic rings. The van der Waals surface area contributed by atoms with E-state index in [1.54, 1.807) is 24.4 Å². The Hall–Kier alpha value is -3.39. The maximum Gasteiger partial charge on any atom is 0.419 e. The monoisotopic (exact) mass is 395 g/mol. The van der Waals surface area contributed by atoms with Crippen LogP contribution in [-0.2, 0) is 23.6 Å². The van der Waals surface area contributed by atoms with Crippen molar-refractivity contribution < 1.29 is 12.8 Å². The second kappa shape index (κ2) is 6.97. The van der Waals surface area contributed by atoms with Crippen molar-refractivity contribution in [1.29, 1.82) is 0 Å². The largest absolute Gasteiger partial charge is 0.419 e. The Morgan fingerprint density at radius 3 is 2.50 bits per heavy atom. The molecule has 0 unspecified atom stereocenters. The van der Waals surface area contributed by atoms with Crippen molar-refractivity contribution >= 4 is 26.9 Å². The molecular formula is C20H17N3O4S. The van der Waals surface area contributed by atoms with Crippen LogP contribution in [0.15, 0.2) is 87.0 Å². The van der Waals surface area contributed by atoms with Gasteiger partial charge in [0.25, 0.3) is 10.0 Å². The Morgan fingerprint density at radius 1 is 1.04 bits per heavy atom. The molecule has 0 spiro atoms. The highest BCUT2D eigenvalue weighted by molar-refractivity contribution is 7.92. The highest BCUT2D eigenvalue weighted by Gasteiger charge is 2.27. The molecule has 2 aromatic heterocycles. The number of benzene rings is 2. The van der Waals surface area contributed by atoms with Crippen LogP contribution in [0, 0.1) is 0 Å². The van der Waals surface area contributed by atoms with Gasteiger partial charge in [0.15, 0.2) is 5.58 Å². The number of sulfonamides is 1. The summed E-state index contributed by atoms with van der Waals surface area (Å²) in [5.74, 6) is -0.233. The molecule has 0 fully saturated rings. The van der Waals surface area contributed by atoms with Gasteiger partial charge in [0, 0.05) is 13.2 Å². The molecule has 0 aliphatic rings. The zero-order valence-electron chi connectivity index (χ0n) is 15.0. The third-order valence-electron chi connectivity index (χ3n) is 4.42. The van der Waals surface area contributed by atoms with Crippen LogP contribution in [0.5, 0.6) is 0 Å². The van der Waals surface area contributed by atoms with Crippen LogP contribution in [0.4, 0.5) is 5.82 Å². The van der Waals surface area contributed by atoms with Crippen molar-refractivity contribution in [2.24, 2.45) is 7.05 Å². The molecule has 0 amide bonds. The predicted octanol–water partition coefficient (Wildman–Crippen LogP) is 2.92. The van der Waals surface area contributed by atoms with E-state index in [2.05, 4.69) is 4.98 Å². The van der Waals surface area contributed by atoms with Gasteiger partial charge in [-0.05, 0) is 35.9 Å². The first-order valence-corrected chi connectivity index (χ1v) is 9.98. The number of hydrogen-bond acceptors (Lipinski definition) is 5. The molecule has 0 aliphatic carbocycles. The Morgan fingerprint density at radius 2 is 1.79 bits per heavy atom. The van der Waals surface area contributed by atoms with Crippen LogP contribution >= 0.6 is 0 Å². The molecule has 0 N–H and O–H groups in total. The first kappa shape index (κ1) is 18.0. The summed E-state index contributed by atoms with van der Waals surface area (Å²) in [6, 6.07) is 18.8. The summed E-state index contributed by atoms with van der Waals surface area (Å²) in [6.07, 6.45) is 1.55. The van der Waals surface area contributed by atoms with Crippen LogP contribution in [0.3, 0.4) is 0 Å². The minimum Gasteiger partial charge on any atom is -0.408 e. The van der Waals surface area contributed by atoms with Gasteiger partial charge in [-0.25, -0.2) is 22.5 Å². The van der Waals surface area contributed by atoms with Crippen LogP contribution in [0.25, 0.3) is 11.1 Å². The Kier molecular flexibility index (Phi) is 4.48. The van der Waals surface area contributed by atoms with Gasteiger partial charge in [0.2, 0.25) is 0 Å². The number of nitrogens with zero attached hydrogens (tertiary/aromatic N) is 3. The molecule has 0 atom stereocenters. The fraction of sp³-hybridized carbons (Fsp3) is 0.100. The van der Waals surface area contributed by atoms with Gasteiger partial charge in [-0.1, -0.05) is 36.4 Å². The molecule has 7 nitrogen and oxygen atoms in total. The van der Waals surface area contributed by atoms with Crippen LogP contribution < -0.4 is 10.1 Å². The van der Waals surface area contributed by atoms with E-state index in [1.807, 2.05) is 30.3 Å². The van der Waals surface area contributed by atoms with Crippen LogP contribution in [0.1, 0.15) is 5.56 Å². The second-order valence-electron chi connectivity index (χ2n) is 6.24. The molecule has 0 saturated heterocycles. The average molecular weight is 395 g/mol. The lowest BCUT2D eigenvalue weighted by atomic mass is 10.2. The third kappa shape index (κ3) is 3.18. The summed E-state index contributed by atoms with van der Waals surface area (Å²) < 4.78 is 34.6. The summed E-state index contributed by atoms with van der Waals surface area (Å²) in [5, 5.41) is 0. The molecular weight excluding hydrogens is 378 g/mol. The van der Waals surface area contributed by atoms with E-state index in [1.165, 1.54) is 34.1 Å². The molecule has 142 valence electrons. The van der Waals surface area contributed by atoms with Crippen molar-refractivity contribution in [1.82, 2.24) is 9.55 Å². The van der Waals surface area contributed by atoms with Gasteiger partial charge in [0.05, 0.1) is 17.0 Å². The van der Waals surface area contributed by atoms with E-state index in [0.29, 0.717) is 16.9 Å². The van der Waals surface area contributed by atoms with Gasteiger partial charge < -0.3 is 4.42 Å². The Labute approximate surface area is 161 Å². The third-order valence-corrected chi connectivity index (χ3v) is 6.17. The molecule has 2 heterocycles. The number of hydrogen-bond donors (Lipinski definition) is 0. The van der Waals surface area contributed by atoms with E-state index in [0.717, 1.165) is 5.56 Å².